The number of nitrogens with one attached hydrogen (secondary N) is 1. The van der Waals surface area contributed by atoms with Crippen molar-refractivity contribution in [3.05, 3.63) is 66.3 Å². The Morgan fingerprint density at radius 3 is 2.71 bits per heavy atom. The normalized spacial score (nSPS) is 11.5. The molecule has 0 radical (unpaired) electrons. The molecule has 0 fully saturated rings. The van der Waals surface area contributed by atoms with Crippen molar-refractivity contribution in [3.8, 4) is 0 Å². The van der Waals surface area contributed by atoms with Gasteiger partial charge < -0.3 is 5.32 Å². The molecule has 88 valence electrons. The summed E-state index contributed by atoms with van der Waals surface area (Å²) < 4.78 is 0. The molecule has 0 heterocycles. The summed E-state index contributed by atoms with van der Waals surface area (Å²) in [7, 11) is 0. The maximum atomic E-state index is 10.1. The van der Waals surface area contributed by atoms with Crippen molar-refractivity contribution in [2.24, 2.45) is 0 Å². The summed E-state index contributed by atoms with van der Waals surface area (Å²) in [5.41, 5.74) is 3.17. The van der Waals surface area contributed by atoms with Gasteiger partial charge in [0.1, 0.15) is 0 Å². The maximum absolute atomic E-state index is 10.1. The Morgan fingerprint density at radius 1 is 1.35 bits per heavy atom. The van der Waals surface area contributed by atoms with Crippen LogP contribution >= 0.6 is 0 Å². The van der Waals surface area contributed by atoms with Crippen molar-refractivity contribution in [3.63, 3.8) is 0 Å². The van der Waals surface area contributed by atoms with Crippen molar-refractivity contribution in [1.82, 2.24) is 5.32 Å². The van der Waals surface area contributed by atoms with Crippen molar-refractivity contribution in [1.29, 1.82) is 0 Å². The lowest BCUT2D eigenvalue weighted by Gasteiger charge is -1.99. The first-order valence-electron chi connectivity index (χ1n) is 5.49. The Kier molecular flexibility index (Phi) is 5.52. The second-order valence-electron chi connectivity index (χ2n) is 3.76. The summed E-state index contributed by atoms with van der Waals surface area (Å²) in [4.78, 5) is 10.1. The molecule has 0 saturated carbocycles. The van der Waals surface area contributed by atoms with Crippen molar-refractivity contribution in [2.45, 2.75) is 6.92 Å². The van der Waals surface area contributed by atoms with Gasteiger partial charge in [-0.2, -0.15) is 0 Å². The molecular formula is C15H17NO. The van der Waals surface area contributed by atoms with Gasteiger partial charge in [-0.15, -0.1) is 0 Å². The summed E-state index contributed by atoms with van der Waals surface area (Å²) in [5.74, 6) is 0. The summed E-state index contributed by atoms with van der Waals surface area (Å²) in [5, 5.41) is 2.61. The van der Waals surface area contributed by atoms with Gasteiger partial charge >= 0.3 is 0 Å². The molecule has 0 aliphatic heterocycles. The van der Waals surface area contributed by atoms with Gasteiger partial charge in [-0.1, -0.05) is 60.7 Å². The monoisotopic (exact) mass is 227 g/mol. The highest BCUT2D eigenvalue weighted by atomic mass is 16.1. The van der Waals surface area contributed by atoms with Crippen LogP contribution in [0.4, 0.5) is 0 Å². The minimum atomic E-state index is 0.575. The molecule has 2 heteroatoms. The summed E-state index contributed by atoms with van der Waals surface area (Å²) in [6.07, 6.45) is 6.56. The molecular weight excluding hydrogens is 210 g/mol. The minimum Gasteiger partial charge on any atom is -0.355 e. The Hall–Kier alpha value is -2.09. The molecule has 0 unspecified atom stereocenters. The molecule has 0 spiro atoms. The number of rotatable bonds is 6. The molecule has 17 heavy (non-hydrogen) atoms. The van der Waals surface area contributed by atoms with Crippen LogP contribution in [0.15, 0.2) is 60.7 Å². The Balaban J connectivity index is 2.54. The van der Waals surface area contributed by atoms with Gasteiger partial charge in [0.25, 0.3) is 0 Å². The molecule has 1 amide bonds. The Bertz CT molecular complexity index is 429. The quantitative estimate of drug-likeness (QED) is 0.587. The predicted octanol–water partition coefficient (Wildman–Crippen LogP) is 2.95. The lowest BCUT2D eigenvalue weighted by molar-refractivity contribution is -0.109. The molecule has 1 aromatic rings. The SMILES string of the molecule is C=C(/C=C\C=C(/C)CNC=O)c1ccccc1. The molecule has 0 bridgehead atoms. The van der Waals surface area contributed by atoms with E-state index in [4.69, 9.17) is 0 Å². The second-order valence-corrected chi connectivity index (χ2v) is 3.76. The van der Waals surface area contributed by atoms with E-state index in [1.807, 2.05) is 55.5 Å². The first-order chi connectivity index (χ1) is 8.24. The largest absolute Gasteiger partial charge is 0.355 e. The molecule has 1 N–H and O–H groups in total. The lowest BCUT2D eigenvalue weighted by Crippen LogP contribution is -2.12. The van der Waals surface area contributed by atoms with E-state index in [0.29, 0.717) is 13.0 Å². The van der Waals surface area contributed by atoms with Crippen LogP contribution in [0.5, 0.6) is 0 Å². The second kappa shape index (κ2) is 7.23. The van der Waals surface area contributed by atoms with Gasteiger partial charge in [-0.3, -0.25) is 4.79 Å². The van der Waals surface area contributed by atoms with Gasteiger partial charge in [-0.05, 0) is 18.1 Å². The highest BCUT2D eigenvalue weighted by Crippen LogP contribution is 2.12. The zero-order valence-electron chi connectivity index (χ0n) is 10.0. The first kappa shape index (κ1) is 13.0. The Morgan fingerprint density at radius 2 is 2.06 bits per heavy atom. The summed E-state index contributed by atoms with van der Waals surface area (Å²) in [6, 6.07) is 10.0. The highest BCUT2D eigenvalue weighted by molar-refractivity contribution is 5.72. The van der Waals surface area contributed by atoms with E-state index in [2.05, 4.69) is 11.9 Å². The number of benzene rings is 1. The molecule has 0 aliphatic carbocycles. The highest BCUT2D eigenvalue weighted by Gasteiger charge is 1.91. The third kappa shape index (κ3) is 4.98. The molecule has 0 aliphatic rings. The van der Waals surface area contributed by atoms with E-state index in [1.165, 1.54) is 0 Å². The number of allylic oxidation sites excluding steroid dienone is 4. The van der Waals surface area contributed by atoms with Gasteiger partial charge in [0.15, 0.2) is 0 Å². The summed E-state index contributed by atoms with van der Waals surface area (Å²) >= 11 is 0. The number of hydrogen-bond acceptors (Lipinski definition) is 1. The zero-order valence-corrected chi connectivity index (χ0v) is 10.0. The third-order valence-electron chi connectivity index (χ3n) is 2.29. The topological polar surface area (TPSA) is 29.1 Å². The Labute approximate surface area is 102 Å². The van der Waals surface area contributed by atoms with Gasteiger partial charge in [-0.25, -0.2) is 0 Å². The predicted molar refractivity (Wildman–Crippen MR) is 72.4 cm³/mol. The van der Waals surface area contributed by atoms with Gasteiger partial charge in [0, 0.05) is 6.54 Å². The maximum Gasteiger partial charge on any atom is 0.207 e. The molecule has 0 aromatic heterocycles. The molecule has 1 aromatic carbocycles. The fourth-order valence-corrected chi connectivity index (χ4v) is 1.34. The number of carbonyl (C=O) groups excluding carboxylic acids is 1. The minimum absolute atomic E-state index is 0.575. The number of hydrogen-bond donors (Lipinski definition) is 1. The van der Waals surface area contributed by atoms with Crippen LogP contribution in [0.2, 0.25) is 0 Å². The zero-order chi connectivity index (χ0) is 12.5. The third-order valence-corrected chi connectivity index (χ3v) is 2.29. The fraction of sp³-hybridized carbons (Fsp3) is 0.133. The van der Waals surface area contributed by atoms with Crippen LogP contribution in [0.25, 0.3) is 5.57 Å². The van der Waals surface area contributed by atoms with E-state index in [1.54, 1.807) is 0 Å². The van der Waals surface area contributed by atoms with Crippen LogP contribution in [0.1, 0.15) is 12.5 Å². The first-order valence-corrected chi connectivity index (χ1v) is 5.49. The molecule has 1 rings (SSSR count). The fourth-order valence-electron chi connectivity index (χ4n) is 1.34. The van der Waals surface area contributed by atoms with Crippen molar-refractivity contribution >= 4 is 12.0 Å². The van der Waals surface area contributed by atoms with E-state index in [9.17, 15) is 4.79 Å². The van der Waals surface area contributed by atoms with E-state index in [0.717, 1.165) is 16.7 Å². The van der Waals surface area contributed by atoms with Crippen LogP contribution in [0, 0.1) is 0 Å². The van der Waals surface area contributed by atoms with E-state index < -0.39 is 0 Å². The molecule has 2 nitrogen and oxygen atoms in total. The van der Waals surface area contributed by atoms with E-state index >= 15 is 0 Å². The molecule has 0 saturated heterocycles. The smallest absolute Gasteiger partial charge is 0.207 e. The van der Waals surface area contributed by atoms with Crippen LogP contribution in [-0.2, 0) is 4.79 Å². The average molecular weight is 227 g/mol. The van der Waals surface area contributed by atoms with E-state index in [-0.39, 0.29) is 0 Å². The van der Waals surface area contributed by atoms with Crippen LogP contribution < -0.4 is 5.32 Å². The van der Waals surface area contributed by atoms with Crippen molar-refractivity contribution in [2.75, 3.05) is 6.54 Å². The molecule has 0 atom stereocenters. The standard InChI is InChI=1S/C15H17NO/c1-13(11-16-12-17)7-6-8-14(2)15-9-4-3-5-10-15/h3-10,12H,2,11H2,1H3,(H,16,17)/b8-6-,13-7+. The van der Waals surface area contributed by atoms with Gasteiger partial charge in [0.2, 0.25) is 6.41 Å². The van der Waals surface area contributed by atoms with Crippen LogP contribution in [-0.4, -0.2) is 13.0 Å². The summed E-state index contributed by atoms with van der Waals surface area (Å²) in [6.45, 7) is 6.54. The number of amides is 1. The van der Waals surface area contributed by atoms with Crippen molar-refractivity contribution < 1.29 is 4.79 Å². The number of carbonyl (C=O) groups is 1. The van der Waals surface area contributed by atoms with Gasteiger partial charge in [0.05, 0.1) is 0 Å². The average Bonchev–Trinajstić information content (AvgIpc) is 2.37. The van der Waals surface area contributed by atoms with Crippen LogP contribution in [0.3, 0.4) is 0 Å². The lowest BCUT2D eigenvalue weighted by atomic mass is 10.1.